The van der Waals surface area contributed by atoms with Crippen LogP contribution in [0.3, 0.4) is 0 Å². The predicted octanol–water partition coefficient (Wildman–Crippen LogP) is -0.683. The summed E-state index contributed by atoms with van der Waals surface area (Å²) < 4.78 is 28.7. The minimum absolute atomic E-state index is 0.975. The van der Waals surface area contributed by atoms with Crippen molar-refractivity contribution in [3.8, 4) is 0 Å². The van der Waals surface area contributed by atoms with Gasteiger partial charge in [0.05, 0.1) is 0 Å². The summed E-state index contributed by atoms with van der Waals surface area (Å²) in [4.78, 5) is 0. The fourth-order valence-electron chi connectivity index (χ4n) is 0. The van der Waals surface area contributed by atoms with E-state index in [0.717, 1.165) is 6.26 Å². The van der Waals surface area contributed by atoms with E-state index in [1.165, 1.54) is 6.26 Å². The van der Waals surface area contributed by atoms with Crippen molar-refractivity contribution in [3.63, 3.8) is 0 Å². The van der Waals surface area contributed by atoms with Crippen LogP contribution in [-0.2, 0) is 49.8 Å². The van der Waals surface area contributed by atoms with Gasteiger partial charge in [-0.2, -0.15) is 7.43 Å². The Bertz CT molecular complexity index is 211. The first kappa shape index (κ1) is 13.7. The molecule has 0 saturated carbocycles. The van der Waals surface area contributed by atoms with Crippen molar-refractivity contribution >= 4 is 49.8 Å². The zero-order chi connectivity index (χ0) is 9.00. The van der Waals surface area contributed by atoms with Gasteiger partial charge in [0.15, 0.2) is 0 Å². The molecule has 0 saturated heterocycles. The molecule has 0 aliphatic heterocycles. The second kappa shape index (κ2) is 4.86. The SMILES string of the molecule is CS(=O)([O-])=S.CS([O-])(=S)=S. The number of hydrogen-bond acceptors (Lipinski definition) is 6. The van der Waals surface area contributed by atoms with Gasteiger partial charge < -0.3 is 9.11 Å². The van der Waals surface area contributed by atoms with Gasteiger partial charge in [-0.25, -0.2) is 0 Å². The molecule has 0 fully saturated rings. The molecule has 0 rings (SSSR count). The van der Waals surface area contributed by atoms with Crippen LogP contribution >= 0.6 is 0 Å². The second-order valence-corrected chi connectivity index (χ2v) is 10.5. The lowest BCUT2D eigenvalue weighted by Crippen LogP contribution is -1.86. The molecule has 0 aromatic rings. The van der Waals surface area contributed by atoms with Crippen molar-refractivity contribution < 1.29 is 13.3 Å². The van der Waals surface area contributed by atoms with E-state index in [1.54, 1.807) is 0 Å². The highest BCUT2D eigenvalue weighted by Gasteiger charge is 1.59. The summed E-state index contributed by atoms with van der Waals surface area (Å²) in [5.41, 5.74) is 0. The Morgan fingerprint density at radius 1 is 1.10 bits per heavy atom. The monoisotopic (exact) mass is 238 g/mol. The van der Waals surface area contributed by atoms with Gasteiger partial charge in [-0.3, -0.25) is 4.21 Å². The van der Waals surface area contributed by atoms with Crippen molar-refractivity contribution in [1.29, 1.82) is 0 Å². The van der Waals surface area contributed by atoms with Crippen LogP contribution in [0.2, 0.25) is 0 Å². The molecule has 1 atom stereocenters. The van der Waals surface area contributed by atoms with Crippen LogP contribution in [0, 0.1) is 0 Å². The van der Waals surface area contributed by atoms with Gasteiger partial charge in [0.2, 0.25) is 0 Å². The highest BCUT2D eigenvalue weighted by molar-refractivity contribution is 8.53. The third kappa shape index (κ3) is 508. The summed E-state index contributed by atoms with van der Waals surface area (Å²) in [6, 6.07) is 0. The van der Waals surface area contributed by atoms with Crippen LogP contribution < -0.4 is 0 Å². The summed E-state index contributed by atoms with van der Waals surface area (Å²) in [7, 11) is -5.33. The highest BCUT2D eigenvalue weighted by Crippen LogP contribution is 1.65. The predicted molar refractivity (Wildman–Crippen MR) is 51.0 cm³/mol. The zero-order valence-corrected chi connectivity index (χ0v) is 9.35. The third-order valence-corrected chi connectivity index (χ3v) is 0. The first-order valence-electron chi connectivity index (χ1n) is 1.82. The molecule has 0 aliphatic carbocycles. The van der Waals surface area contributed by atoms with Gasteiger partial charge in [0.1, 0.15) is 0 Å². The molecule has 0 N–H and O–H groups in total. The fraction of sp³-hybridized carbons (Fsp3) is 1.00. The van der Waals surface area contributed by atoms with Crippen LogP contribution in [0.5, 0.6) is 0 Å². The molecule has 0 aromatic heterocycles. The van der Waals surface area contributed by atoms with E-state index in [9.17, 15) is 13.3 Å². The van der Waals surface area contributed by atoms with Crippen LogP contribution in [0.25, 0.3) is 0 Å². The Morgan fingerprint density at radius 2 is 1.10 bits per heavy atom. The molecule has 0 spiro atoms. The topological polar surface area (TPSA) is 63.2 Å². The molecule has 0 aromatic carbocycles. The normalized spacial score (nSPS) is 16.4. The number of rotatable bonds is 0. The van der Waals surface area contributed by atoms with Crippen LogP contribution in [0.1, 0.15) is 0 Å². The molecule has 10 heavy (non-hydrogen) atoms. The maximum atomic E-state index is 9.82. The second-order valence-electron chi connectivity index (χ2n) is 1.41. The lowest BCUT2D eigenvalue weighted by molar-refractivity contribution is 0.541. The van der Waals surface area contributed by atoms with Crippen molar-refractivity contribution in [2.75, 3.05) is 12.5 Å². The smallest absolute Gasteiger partial charge is 0.00199 e. The minimum Gasteiger partial charge on any atom is -0.790 e. The van der Waals surface area contributed by atoms with Crippen molar-refractivity contribution in [1.82, 2.24) is 0 Å². The summed E-state index contributed by atoms with van der Waals surface area (Å²) in [5, 5.41) is 0. The summed E-state index contributed by atoms with van der Waals surface area (Å²) in [6.45, 7) is 0. The Kier molecular flexibility index (Phi) is 6.63. The summed E-state index contributed by atoms with van der Waals surface area (Å²) >= 11 is 12.1. The van der Waals surface area contributed by atoms with Crippen LogP contribution in [0.15, 0.2) is 0 Å². The Labute approximate surface area is 75.3 Å². The minimum atomic E-state index is -3.08. The maximum Gasteiger partial charge on any atom is 0.00199 e. The van der Waals surface area contributed by atoms with Crippen LogP contribution in [0.4, 0.5) is 0 Å². The molecule has 0 aliphatic rings. The van der Waals surface area contributed by atoms with Gasteiger partial charge >= 0.3 is 0 Å². The molecular weight excluding hydrogens is 232 g/mol. The van der Waals surface area contributed by atoms with E-state index in [2.05, 4.69) is 33.6 Å². The van der Waals surface area contributed by atoms with Crippen molar-refractivity contribution in [3.05, 3.63) is 0 Å². The summed E-state index contributed by atoms with van der Waals surface area (Å²) in [5.74, 6) is 0. The molecular formula is C2H6O3S5-2. The van der Waals surface area contributed by atoms with E-state index in [1.807, 2.05) is 0 Å². The lowest BCUT2D eigenvalue weighted by Gasteiger charge is -2.00. The first-order chi connectivity index (χ1) is 4.00. The zero-order valence-electron chi connectivity index (χ0n) is 5.27. The summed E-state index contributed by atoms with van der Waals surface area (Å²) in [6.07, 6.45) is 2.32. The molecule has 0 radical (unpaired) electrons. The molecule has 0 amide bonds. The van der Waals surface area contributed by atoms with Gasteiger partial charge in [-0.05, 0) is 26.2 Å². The average molecular weight is 238 g/mol. The highest BCUT2D eigenvalue weighted by atomic mass is 33.1. The molecule has 1 unspecified atom stereocenters. The van der Waals surface area contributed by atoms with E-state index in [4.69, 9.17) is 0 Å². The molecule has 0 heterocycles. The van der Waals surface area contributed by atoms with Gasteiger partial charge in [-0.1, -0.05) is 22.4 Å². The van der Waals surface area contributed by atoms with Gasteiger partial charge in [0, 0.05) is 6.26 Å². The van der Waals surface area contributed by atoms with E-state index >= 15 is 0 Å². The lowest BCUT2D eigenvalue weighted by atomic mass is 12.0. The quantitative estimate of drug-likeness (QED) is 0.557. The van der Waals surface area contributed by atoms with E-state index < -0.39 is 16.2 Å². The Morgan fingerprint density at radius 3 is 1.10 bits per heavy atom. The first-order valence-corrected chi connectivity index (χ1v) is 8.45. The third-order valence-electron chi connectivity index (χ3n) is 0. The average Bonchev–Trinajstić information content (AvgIpc) is 1.12. The Balaban J connectivity index is 0. The molecule has 3 nitrogen and oxygen atoms in total. The van der Waals surface area contributed by atoms with Crippen LogP contribution in [-0.4, -0.2) is 25.8 Å². The molecule has 8 heteroatoms. The van der Waals surface area contributed by atoms with Crippen molar-refractivity contribution in [2.24, 2.45) is 0 Å². The van der Waals surface area contributed by atoms with Crippen molar-refractivity contribution in [2.45, 2.75) is 0 Å². The standard InChI is InChI=1S/CH4O2S2.CH4OS3/c2*1-5(2,3)4/h2*1H3,(H,2,3,4)/p-2. The number of hydrogen-bond donors (Lipinski definition) is 0. The van der Waals surface area contributed by atoms with Gasteiger partial charge in [0.25, 0.3) is 0 Å². The van der Waals surface area contributed by atoms with E-state index in [-0.39, 0.29) is 0 Å². The van der Waals surface area contributed by atoms with E-state index in [0.29, 0.717) is 0 Å². The fourth-order valence-corrected chi connectivity index (χ4v) is 0. The molecule has 64 valence electrons. The molecule has 0 bridgehead atoms. The van der Waals surface area contributed by atoms with Gasteiger partial charge in [-0.15, -0.1) is 0 Å². The largest absolute Gasteiger partial charge is 0.790 e. The Hall–Kier alpha value is 1.08. The maximum absolute atomic E-state index is 9.82.